The molecule has 16 heteroatoms. The monoisotopic (exact) mass is 862 g/mol. The van der Waals surface area contributed by atoms with E-state index in [0.717, 1.165) is 82.0 Å². The topological polar surface area (TPSA) is 193 Å². The number of nitrogens with zero attached hydrogens (tertiary/aromatic N) is 4. The number of alkyl carbamates (subject to hydrolysis) is 2. The summed E-state index contributed by atoms with van der Waals surface area (Å²) in [6.45, 7) is 1.70. The second-order valence-corrected chi connectivity index (χ2v) is 16.3. The highest BCUT2D eigenvalue weighted by molar-refractivity contribution is 5.90. The maximum Gasteiger partial charge on any atom is 0.407 e. The highest BCUT2D eigenvalue weighted by Gasteiger charge is 2.39. The lowest BCUT2D eigenvalue weighted by Crippen LogP contribution is -2.42. The Bertz CT molecular complexity index is 2520. The Hall–Kier alpha value is -7.62. The average molecular weight is 863 g/mol. The quantitative estimate of drug-likeness (QED) is 0.108. The Balaban J connectivity index is 0.879. The van der Waals surface area contributed by atoms with Crippen LogP contribution in [0.1, 0.15) is 83.8 Å². The number of aromatic nitrogens is 4. The van der Waals surface area contributed by atoms with E-state index in [4.69, 9.17) is 28.9 Å². The second kappa shape index (κ2) is 16.9. The van der Waals surface area contributed by atoms with E-state index < -0.39 is 24.3 Å². The lowest BCUT2D eigenvalue weighted by molar-refractivity contribution is -0.135. The lowest BCUT2D eigenvalue weighted by atomic mass is 9.87. The van der Waals surface area contributed by atoms with Crippen LogP contribution in [-0.2, 0) is 32.3 Å². The molecule has 0 radical (unpaired) electrons. The molecule has 4 amide bonds. The molecule has 2 aromatic heterocycles. The Morgan fingerprint density at radius 1 is 0.641 bits per heavy atom. The van der Waals surface area contributed by atoms with E-state index in [2.05, 4.69) is 32.7 Å². The van der Waals surface area contributed by atoms with E-state index in [9.17, 15) is 19.2 Å². The minimum absolute atomic E-state index is 0.234. The summed E-state index contributed by atoms with van der Waals surface area (Å²) in [6, 6.07) is 24.1. The zero-order valence-electron chi connectivity index (χ0n) is 35.3. The van der Waals surface area contributed by atoms with Gasteiger partial charge in [0.2, 0.25) is 0 Å². The molecule has 10 rings (SSSR count). The summed E-state index contributed by atoms with van der Waals surface area (Å²) in [5.41, 5.74) is 8.60. The first kappa shape index (κ1) is 40.5. The number of amides is 4. The van der Waals surface area contributed by atoms with Crippen molar-refractivity contribution in [1.29, 1.82) is 0 Å². The van der Waals surface area contributed by atoms with Gasteiger partial charge in [0.15, 0.2) is 0 Å². The molecule has 6 aromatic rings. The van der Waals surface area contributed by atoms with Crippen LogP contribution in [0, 0.1) is 0 Å². The number of rotatable bonds is 10. The minimum Gasteiger partial charge on any atom is -0.488 e. The molecular formula is C48H46N8O8. The zero-order valence-corrected chi connectivity index (χ0v) is 35.3. The maximum absolute atomic E-state index is 14.0. The van der Waals surface area contributed by atoms with Gasteiger partial charge in [-0.25, -0.2) is 19.6 Å². The molecule has 64 heavy (non-hydrogen) atoms. The molecule has 2 fully saturated rings. The number of H-pyrrole nitrogens is 2. The summed E-state index contributed by atoms with van der Waals surface area (Å²) in [5, 5.41) is 5.44. The van der Waals surface area contributed by atoms with Crippen LogP contribution in [-0.4, -0.2) is 81.0 Å². The molecule has 4 unspecified atom stereocenters. The molecule has 0 aliphatic carbocycles. The molecule has 4 N–H and O–H groups in total. The van der Waals surface area contributed by atoms with Crippen LogP contribution in [0.4, 0.5) is 9.59 Å². The molecule has 4 atom stereocenters. The molecule has 2 saturated heterocycles. The maximum atomic E-state index is 14.0. The van der Waals surface area contributed by atoms with Crippen molar-refractivity contribution in [2.75, 3.05) is 27.3 Å². The van der Waals surface area contributed by atoms with Crippen molar-refractivity contribution in [1.82, 2.24) is 40.4 Å². The van der Waals surface area contributed by atoms with E-state index >= 15 is 0 Å². The number of carbonyl (C=O) groups is 4. The molecule has 326 valence electrons. The van der Waals surface area contributed by atoms with Crippen molar-refractivity contribution >= 4 is 24.0 Å². The smallest absolute Gasteiger partial charge is 0.407 e. The highest BCUT2D eigenvalue weighted by Crippen LogP contribution is 2.51. The van der Waals surface area contributed by atoms with Gasteiger partial charge >= 0.3 is 12.2 Å². The van der Waals surface area contributed by atoms with Gasteiger partial charge in [-0.15, -0.1) is 0 Å². The van der Waals surface area contributed by atoms with Crippen LogP contribution in [0.3, 0.4) is 0 Å². The number of methoxy groups -OCH3 is 2. The van der Waals surface area contributed by atoms with Gasteiger partial charge < -0.3 is 49.3 Å². The van der Waals surface area contributed by atoms with Crippen molar-refractivity contribution in [3.05, 3.63) is 131 Å². The first-order valence-electron chi connectivity index (χ1n) is 21.4. The van der Waals surface area contributed by atoms with Crippen LogP contribution in [0.25, 0.3) is 33.6 Å². The Kier molecular flexibility index (Phi) is 10.7. The Morgan fingerprint density at radius 2 is 1.06 bits per heavy atom. The van der Waals surface area contributed by atoms with Crippen molar-refractivity contribution in [2.24, 2.45) is 0 Å². The van der Waals surface area contributed by atoms with E-state index in [-0.39, 0.29) is 23.9 Å². The van der Waals surface area contributed by atoms with Gasteiger partial charge in [0.05, 0.1) is 50.1 Å². The summed E-state index contributed by atoms with van der Waals surface area (Å²) < 4.78 is 22.6. The van der Waals surface area contributed by atoms with E-state index in [1.54, 1.807) is 22.2 Å². The average Bonchev–Trinajstić information content (AvgIpc) is 4.19. The number of imidazole rings is 2. The van der Waals surface area contributed by atoms with Gasteiger partial charge in [-0.3, -0.25) is 9.59 Å². The normalized spacial score (nSPS) is 18.0. The third-order valence-corrected chi connectivity index (χ3v) is 12.6. The van der Waals surface area contributed by atoms with Crippen LogP contribution in [0.2, 0.25) is 0 Å². The number of likely N-dealkylation sites (tertiary alicyclic amines) is 2. The molecule has 16 nitrogen and oxygen atoms in total. The molecule has 4 aromatic carbocycles. The molecule has 0 spiro atoms. The van der Waals surface area contributed by atoms with Crippen molar-refractivity contribution < 1.29 is 38.1 Å². The van der Waals surface area contributed by atoms with Gasteiger partial charge in [0.1, 0.15) is 48.4 Å². The highest BCUT2D eigenvalue weighted by atomic mass is 16.5. The Labute approximate surface area is 368 Å². The minimum atomic E-state index is -0.909. The molecule has 0 saturated carbocycles. The van der Waals surface area contributed by atoms with E-state index in [1.807, 2.05) is 72.8 Å². The first-order valence-corrected chi connectivity index (χ1v) is 21.4. The SMILES string of the molecule is COC(=O)NC(C(=O)N1CCCC1c1ncc(-c2cc3c4c(c2)OCc2cc(-c5cnc(C6CCCN6C(=O)C(NC(=O)OC)c6ccccc6)[nH]5)cc(c2-4)OC3)[nH]1)c1ccccc1. The number of hydrogen-bond donors (Lipinski definition) is 4. The number of ether oxygens (including phenoxy) is 4. The number of aromatic amines is 2. The van der Waals surface area contributed by atoms with Crippen molar-refractivity contribution in [3.63, 3.8) is 0 Å². The number of nitrogens with one attached hydrogen (secondary N) is 4. The molecule has 4 aliphatic rings. The van der Waals surface area contributed by atoms with Crippen LogP contribution in [0.15, 0.2) is 97.3 Å². The van der Waals surface area contributed by atoms with Crippen LogP contribution in [0.5, 0.6) is 11.5 Å². The standard InChI is InChI=1S/C48H46N8O8/c1-61-47(59)53-41(27-11-5-3-6-12-27)45(57)55-17-9-15-35(55)43-49-23-33(51-43)29-19-31-25-64-38-22-30(20-32-26-63-37(21-29)39(31)40(32)38)34-24-50-44(52-34)36-16-10-18-56(36)46(58)42(54-48(60)62-2)28-13-7-4-8-14-28/h3-8,11-14,19-24,35-36,41-42H,9-10,15-18,25-26H2,1-2H3,(H,49,51)(H,50,52)(H,53,59)(H,54,60). The number of carbonyl (C=O) groups excluding carboxylic acids is 4. The summed E-state index contributed by atoms with van der Waals surface area (Å²) in [7, 11) is 2.55. The molecular weight excluding hydrogens is 817 g/mol. The van der Waals surface area contributed by atoms with Crippen molar-refractivity contribution in [2.45, 2.75) is 63.1 Å². The first-order chi connectivity index (χ1) is 31.3. The van der Waals surface area contributed by atoms with E-state index in [1.165, 1.54) is 14.2 Å². The molecule has 6 heterocycles. The summed E-state index contributed by atoms with van der Waals surface area (Å²) in [5.74, 6) is 2.35. The summed E-state index contributed by atoms with van der Waals surface area (Å²) in [4.78, 5) is 72.8. The van der Waals surface area contributed by atoms with E-state index in [0.29, 0.717) is 49.1 Å². The predicted molar refractivity (Wildman–Crippen MR) is 233 cm³/mol. The van der Waals surface area contributed by atoms with Crippen LogP contribution < -0.4 is 20.1 Å². The van der Waals surface area contributed by atoms with Gasteiger partial charge in [-0.2, -0.15) is 0 Å². The fourth-order valence-electron chi connectivity index (χ4n) is 9.48. The summed E-state index contributed by atoms with van der Waals surface area (Å²) >= 11 is 0. The van der Waals surface area contributed by atoms with Gasteiger partial charge in [0.25, 0.3) is 11.8 Å². The van der Waals surface area contributed by atoms with Crippen molar-refractivity contribution in [3.8, 4) is 45.1 Å². The lowest BCUT2D eigenvalue weighted by Gasteiger charge is -2.30. The largest absolute Gasteiger partial charge is 0.488 e. The fraction of sp³-hybridized carbons (Fsp3) is 0.292. The third kappa shape index (κ3) is 7.43. The number of benzene rings is 4. The van der Waals surface area contributed by atoms with Crippen LogP contribution >= 0.6 is 0 Å². The Morgan fingerprint density at radius 3 is 1.47 bits per heavy atom. The van der Waals surface area contributed by atoms with Gasteiger partial charge in [-0.05, 0) is 61.1 Å². The third-order valence-electron chi connectivity index (χ3n) is 12.6. The molecule has 4 aliphatic heterocycles. The predicted octanol–water partition coefficient (Wildman–Crippen LogP) is 7.44. The van der Waals surface area contributed by atoms with Gasteiger partial charge in [0, 0.05) is 46.5 Å². The number of hydrogen-bond acceptors (Lipinski definition) is 10. The zero-order chi connectivity index (χ0) is 43.9. The summed E-state index contributed by atoms with van der Waals surface area (Å²) in [6.07, 6.45) is 5.21. The van der Waals surface area contributed by atoms with Gasteiger partial charge in [-0.1, -0.05) is 60.7 Å². The fourth-order valence-corrected chi connectivity index (χ4v) is 9.48. The second-order valence-electron chi connectivity index (χ2n) is 16.3. The molecule has 0 bridgehead atoms.